The molecule has 1 saturated carbocycles. The van der Waals surface area contributed by atoms with Crippen LogP contribution in [0.2, 0.25) is 0 Å². The Balaban J connectivity index is 2.28. The molecule has 0 saturated heterocycles. The molecule has 0 spiro atoms. The summed E-state index contributed by atoms with van der Waals surface area (Å²) in [4.78, 5) is 0. The fourth-order valence-electron chi connectivity index (χ4n) is 2.58. The lowest BCUT2D eigenvalue weighted by Crippen LogP contribution is -2.62. The Morgan fingerprint density at radius 1 is 1.25 bits per heavy atom. The van der Waals surface area contributed by atoms with E-state index in [0.717, 1.165) is 12.3 Å². The van der Waals surface area contributed by atoms with E-state index in [4.69, 9.17) is 4.74 Å². The maximum Gasteiger partial charge on any atom is 0.0652 e. The first-order chi connectivity index (χ1) is 7.37. The van der Waals surface area contributed by atoms with E-state index in [1.165, 1.54) is 12.8 Å². The number of methoxy groups -OCH3 is 1. The lowest BCUT2D eigenvalue weighted by molar-refractivity contribution is -0.1000. The first-order valence-corrected chi connectivity index (χ1v) is 6.66. The quantitative estimate of drug-likeness (QED) is 0.752. The summed E-state index contributed by atoms with van der Waals surface area (Å²) in [5, 5.41) is 3.75. The van der Waals surface area contributed by atoms with Gasteiger partial charge in [-0.1, -0.05) is 27.7 Å². The van der Waals surface area contributed by atoms with E-state index in [9.17, 15) is 0 Å². The standard InChI is InChI=1S/C14H29NO/c1-10(2)7-8-11(3)15-12-9-13(16-6)14(12,4)5/h10-13,15H,7-9H2,1-6H3. The van der Waals surface area contributed by atoms with E-state index in [0.29, 0.717) is 23.6 Å². The Hall–Kier alpha value is -0.0800. The summed E-state index contributed by atoms with van der Waals surface area (Å²) in [5.74, 6) is 0.811. The van der Waals surface area contributed by atoms with E-state index in [1.807, 2.05) is 7.11 Å². The lowest BCUT2D eigenvalue weighted by atomic mass is 9.64. The lowest BCUT2D eigenvalue weighted by Gasteiger charge is -2.52. The van der Waals surface area contributed by atoms with Crippen LogP contribution in [-0.2, 0) is 4.74 Å². The highest BCUT2D eigenvalue weighted by molar-refractivity contribution is 5.03. The minimum Gasteiger partial charge on any atom is -0.381 e. The molecule has 0 heterocycles. The summed E-state index contributed by atoms with van der Waals surface area (Å²) < 4.78 is 5.47. The molecule has 2 nitrogen and oxygen atoms in total. The summed E-state index contributed by atoms with van der Waals surface area (Å²) in [6.07, 6.45) is 4.19. The Labute approximate surface area is 101 Å². The van der Waals surface area contributed by atoms with Crippen LogP contribution in [0.4, 0.5) is 0 Å². The maximum absolute atomic E-state index is 5.47. The minimum absolute atomic E-state index is 0.293. The summed E-state index contributed by atoms with van der Waals surface area (Å²) in [6, 6.07) is 1.25. The predicted octanol–water partition coefficient (Wildman–Crippen LogP) is 3.21. The molecule has 0 radical (unpaired) electrons. The average molecular weight is 227 g/mol. The van der Waals surface area contributed by atoms with E-state index in [1.54, 1.807) is 0 Å². The van der Waals surface area contributed by atoms with Crippen LogP contribution in [0.1, 0.15) is 53.9 Å². The molecule has 3 unspecified atom stereocenters. The van der Waals surface area contributed by atoms with Crippen LogP contribution in [0.3, 0.4) is 0 Å². The summed E-state index contributed by atoms with van der Waals surface area (Å²) in [7, 11) is 1.82. The van der Waals surface area contributed by atoms with Gasteiger partial charge in [0.15, 0.2) is 0 Å². The number of ether oxygens (including phenoxy) is 1. The Morgan fingerprint density at radius 2 is 1.88 bits per heavy atom. The Bertz CT molecular complexity index is 213. The highest BCUT2D eigenvalue weighted by Gasteiger charge is 2.48. The highest BCUT2D eigenvalue weighted by atomic mass is 16.5. The van der Waals surface area contributed by atoms with Crippen molar-refractivity contribution in [3.05, 3.63) is 0 Å². The van der Waals surface area contributed by atoms with Gasteiger partial charge in [0.2, 0.25) is 0 Å². The second kappa shape index (κ2) is 5.50. The van der Waals surface area contributed by atoms with Crippen LogP contribution >= 0.6 is 0 Å². The van der Waals surface area contributed by atoms with Crippen LogP contribution in [0.5, 0.6) is 0 Å². The van der Waals surface area contributed by atoms with Gasteiger partial charge in [-0.05, 0) is 32.1 Å². The summed E-state index contributed by atoms with van der Waals surface area (Å²) >= 11 is 0. The van der Waals surface area contributed by atoms with Crippen molar-refractivity contribution in [3.8, 4) is 0 Å². The molecule has 1 aliphatic rings. The molecule has 0 aromatic carbocycles. The van der Waals surface area contributed by atoms with Gasteiger partial charge in [-0.25, -0.2) is 0 Å². The molecule has 1 aliphatic carbocycles. The molecule has 3 atom stereocenters. The van der Waals surface area contributed by atoms with Crippen LogP contribution in [0, 0.1) is 11.3 Å². The van der Waals surface area contributed by atoms with Crippen molar-refractivity contribution in [1.29, 1.82) is 0 Å². The molecule has 1 fully saturated rings. The van der Waals surface area contributed by atoms with Crippen LogP contribution in [-0.4, -0.2) is 25.3 Å². The molecule has 0 bridgehead atoms. The van der Waals surface area contributed by atoms with Crippen LogP contribution in [0.15, 0.2) is 0 Å². The monoisotopic (exact) mass is 227 g/mol. The normalized spacial score (nSPS) is 30.2. The van der Waals surface area contributed by atoms with Gasteiger partial charge in [0, 0.05) is 24.6 Å². The Morgan fingerprint density at radius 3 is 2.31 bits per heavy atom. The predicted molar refractivity (Wildman–Crippen MR) is 69.7 cm³/mol. The topological polar surface area (TPSA) is 21.3 Å². The number of rotatable bonds is 6. The third-order valence-corrected chi connectivity index (χ3v) is 4.12. The van der Waals surface area contributed by atoms with Gasteiger partial charge in [-0.2, -0.15) is 0 Å². The maximum atomic E-state index is 5.47. The zero-order chi connectivity index (χ0) is 12.3. The van der Waals surface area contributed by atoms with Gasteiger partial charge in [0.05, 0.1) is 6.10 Å². The van der Waals surface area contributed by atoms with Crippen molar-refractivity contribution >= 4 is 0 Å². The fraction of sp³-hybridized carbons (Fsp3) is 1.00. The van der Waals surface area contributed by atoms with Crippen molar-refractivity contribution in [2.75, 3.05) is 7.11 Å². The molecule has 0 amide bonds. The van der Waals surface area contributed by atoms with Crippen molar-refractivity contribution < 1.29 is 4.74 Å². The molecule has 1 N–H and O–H groups in total. The second-order valence-electron chi connectivity index (χ2n) is 6.37. The van der Waals surface area contributed by atoms with Gasteiger partial charge in [-0.15, -0.1) is 0 Å². The van der Waals surface area contributed by atoms with Crippen LogP contribution < -0.4 is 5.32 Å². The zero-order valence-corrected chi connectivity index (χ0v) is 11.8. The van der Waals surface area contributed by atoms with E-state index in [-0.39, 0.29) is 0 Å². The first kappa shape index (κ1) is 14.0. The largest absolute Gasteiger partial charge is 0.381 e. The molecule has 2 heteroatoms. The summed E-state index contributed by atoms with van der Waals surface area (Å²) in [6.45, 7) is 11.5. The molecular formula is C14H29NO. The molecular weight excluding hydrogens is 198 g/mol. The van der Waals surface area contributed by atoms with Gasteiger partial charge in [0.1, 0.15) is 0 Å². The zero-order valence-electron chi connectivity index (χ0n) is 11.8. The first-order valence-electron chi connectivity index (χ1n) is 6.66. The summed E-state index contributed by atoms with van der Waals surface area (Å²) in [5.41, 5.74) is 0.293. The van der Waals surface area contributed by atoms with Crippen molar-refractivity contribution in [3.63, 3.8) is 0 Å². The van der Waals surface area contributed by atoms with Crippen molar-refractivity contribution in [2.24, 2.45) is 11.3 Å². The minimum atomic E-state index is 0.293. The van der Waals surface area contributed by atoms with Gasteiger partial charge < -0.3 is 10.1 Å². The molecule has 16 heavy (non-hydrogen) atoms. The van der Waals surface area contributed by atoms with Crippen molar-refractivity contribution in [1.82, 2.24) is 5.32 Å². The molecule has 96 valence electrons. The molecule has 0 aromatic rings. The van der Waals surface area contributed by atoms with E-state index < -0.39 is 0 Å². The number of hydrogen-bond donors (Lipinski definition) is 1. The SMILES string of the molecule is COC1CC(NC(C)CCC(C)C)C1(C)C. The van der Waals surface area contributed by atoms with Crippen LogP contribution in [0.25, 0.3) is 0 Å². The van der Waals surface area contributed by atoms with Gasteiger partial charge in [-0.3, -0.25) is 0 Å². The molecule has 1 rings (SSSR count). The third kappa shape index (κ3) is 3.21. The smallest absolute Gasteiger partial charge is 0.0652 e. The fourth-order valence-corrected chi connectivity index (χ4v) is 2.58. The number of hydrogen-bond acceptors (Lipinski definition) is 2. The van der Waals surface area contributed by atoms with Crippen molar-refractivity contribution in [2.45, 2.75) is 72.1 Å². The third-order valence-electron chi connectivity index (χ3n) is 4.12. The van der Waals surface area contributed by atoms with Gasteiger partial charge >= 0.3 is 0 Å². The molecule has 0 aliphatic heterocycles. The second-order valence-corrected chi connectivity index (χ2v) is 6.37. The Kier molecular flexibility index (Phi) is 4.81. The molecule has 0 aromatic heterocycles. The van der Waals surface area contributed by atoms with Gasteiger partial charge in [0.25, 0.3) is 0 Å². The average Bonchev–Trinajstić information content (AvgIpc) is 2.20. The van der Waals surface area contributed by atoms with E-state index in [2.05, 4.69) is 39.9 Å². The highest BCUT2D eigenvalue weighted by Crippen LogP contribution is 2.42. The van der Waals surface area contributed by atoms with E-state index >= 15 is 0 Å². The number of nitrogens with one attached hydrogen (secondary N) is 1.